The number of aryl methyl sites for hydroxylation is 2. The summed E-state index contributed by atoms with van der Waals surface area (Å²) in [6, 6.07) is 5.48. The van der Waals surface area contributed by atoms with Gasteiger partial charge in [0.15, 0.2) is 0 Å². The highest BCUT2D eigenvalue weighted by Gasteiger charge is 2.32. The van der Waals surface area contributed by atoms with Crippen molar-refractivity contribution in [3.8, 4) is 0 Å². The van der Waals surface area contributed by atoms with E-state index in [0.717, 1.165) is 35.0 Å². The Hall–Kier alpha value is -1.69. The van der Waals surface area contributed by atoms with Crippen molar-refractivity contribution in [2.45, 2.75) is 38.8 Å². The third-order valence-corrected chi connectivity index (χ3v) is 4.77. The molecule has 3 rings (SSSR count). The van der Waals surface area contributed by atoms with Gasteiger partial charge >= 0.3 is 5.63 Å². The number of nitrogens with zero attached hydrogens (tertiary/aromatic N) is 1. The highest BCUT2D eigenvalue weighted by atomic mass is 16.4. The van der Waals surface area contributed by atoms with Crippen LogP contribution in [0.1, 0.15) is 29.5 Å². The highest BCUT2D eigenvalue weighted by Crippen LogP contribution is 2.26. The number of β-amino-alcohol motifs (C(OH)–C–C–N with tert-alkyl or cyclic N) is 1. The molecule has 5 nitrogen and oxygen atoms in total. The standard InChI is InChI=1S/C18H23NO4/c1-12-6-15-14(8-17(21)23-16(15)7-13(12)2)9-19-5-3-4-18(22,10-19)11-20/h6-8,20,22H,3-5,9-11H2,1-2H3. The lowest BCUT2D eigenvalue weighted by Gasteiger charge is -2.38. The molecule has 2 heterocycles. The first kappa shape index (κ1) is 16.2. The van der Waals surface area contributed by atoms with Crippen molar-refractivity contribution in [3.05, 3.63) is 45.3 Å². The fraction of sp³-hybridized carbons (Fsp3) is 0.500. The predicted octanol–water partition coefficient (Wildman–Crippen LogP) is 1.73. The molecular formula is C18H23NO4. The number of likely N-dealkylation sites (tertiary alicyclic amines) is 1. The lowest BCUT2D eigenvalue weighted by atomic mass is 9.93. The van der Waals surface area contributed by atoms with Crippen molar-refractivity contribution in [1.82, 2.24) is 4.90 Å². The molecule has 0 radical (unpaired) electrons. The molecule has 1 aliphatic rings. The predicted molar refractivity (Wildman–Crippen MR) is 88.5 cm³/mol. The molecule has 0 spiro atoms. The maximum Gasteiger partial charge on any atom is 0.336 e. The van der Waals surface area contributed by atoms with Gasteiger partial charge in [-0.2, -0.15) is 0 Å². The number of aliphatic hydroxyl groups excluding tert-OH is 1. The fourth-order valence-corrected chi connectivity index (χ4v) is 3.32. The van der Waals surface area contributed by atoms with Gasteiger partial charge in [0.2, 0.25) is 0 Å². The zero-order valence-corrected chi connectivity index (χ0v) is 13.6. The number of hydrogen-bond acceptors (Lipinski definition) is 5. The van der Waals surface area contributed by atoms with Crippen molar-refractivity contribution in [2.24, 2.45) is 0 Å². The Morgan fingerprint density at radius 3 is 2.74 bits per heavy atom. The van der Waals surface area contributed by atoms with Crippen LogP contribution >= 0.6 is 0 Å². The van der Waals surface area contributed by atoms with Gasteiger partial charge in [0.1, 0.15) is 11.2 Å². The number of aliphatic hydroxyl groups is 2. The van der Waals surface area contributed by atoms with Gasteiger partial charge in [-0.05, 0) is 62.1 Å². The molecule has 2 N–H and O–H groups in total. The number of benzene rings is 1. The van der Waals surface area contributed by atoms with Crippen molar-refractivity contribution in [2.75, 3.05) is 19.7 Å². The van der Waals surface area contributed by atoms with Crippen LogP contribution in [-0.2, 0) is 6.54 Å². The maximum atomic E-state index is 11.9. The Morgan fingerprint density at radius 1 is 1.26 bits per heavy atom. The molecule has 23 heavy (non-hydrogen) atoms. The van der Waals surface area contributed by atoms with Crippen LogP contribution in [0.3, 0.4) is 0 Å². The zero-order chi connectivity index (χ0) is 16.6. The van der Waals surface area contributed by atoms with E-state index in [9.17, 15) is 15.0 Å². The molecule has 1 aromatic carbocycles. The van der Waals surface area contributed by atoms with E-state index in [0.29, 0.717) is 25.1 Å². The summed E-state index contributed by atoms with van der Waals surface area (Å²) < 4.78 is 5.33. The summed E-state index contributed by atoms with van der Waals surface area (Å²) in [4.78, 5) is 13.9. The molecule has 0 amide bonds. The Bertz CT molecular complexity index is 782. The van der Waals surface area contributed by atoms with Crippen molar-refractivity contribution < 1.29 is 14.6 Å². The maximum absolute atomic E-state index is 11.9. The fourth-order valence-electron chi connectivity index (χ4n) is 3.32. The van der Waals surface area contributed by atoms with E-state index in [-0.39, 0.29) is 12.2 Å². The van der Waals surface area contributed by atoms with Gasteiger partial charge in [-0.3, -0.25) is 4.90 Å². The summed E-state index contributed by atoms with van der Waals surface area (Å²) >= 11 is 0. The van der Waals surface area contributed by atoms with Crippen LogP contribution in [0, 0.1) is 13.8 Å². The Kier molecular flexibility index (Phi) is 4.27. The monoisotopic (exact) mass is 317 g/mol. The van der Waals surface area contributed by atoms with Gasteiger partial charge in [-0.25, -0.2) is 4.79 Å². The first-order chi connectivity index (χ1) is 10.9. The number of rotatable bonds is 3. The summed E-state index contributed by atoms with van der Waals surface area (Å²) in [5, 5.41) is 20.6. The quantitative estimate of drug-likeness (QED) is 0.843. The van der Waals surface area contributed by atoms with Gasteiger partial charge in [0.05, 0.1) is 6.61 Å². The van der Waals surface area contributed by atoms with Crippen LogP contribution in [-0.4, -0.2) is 40.4 Å². The summed E-state index contributed by atoms with van der Waals surface area (Å²) in [5.74, 6) is 0. The van der Waals surface area contributed by atoms with Crippen LogP contribution in [0.15, 0.2) is 27.4 Å². The number of piperidine rings is 1. The molecule has 1 atom stereocenters. The molecule has 1 unspecified atom stereocenters. The topological polar surface area (TPSA) is 73.9 Å². The van der Waals surface area contributed by atoms with Crippen LogP contribution in [0.5, 0.6) is 0 Å². The summed E-state index contributed by atoms with van der Waals surface area (Å²) in [5.41, 5.74) is 2.35. The summed E-state index contributed by atoms with van der Waals surface area (Å²) in [7, 11) is 0. The van der Waals surface area contributed by atoms with Crippen LogP contribution in [0.25, 0.3) is 11.0 Å². The van der Waals surface area contributed by atoms with Crippen molar-refractivity contribution in [3.63, 3.8) is 0 Å². The van der Waals surface area contributed by atoms with Crippen molar-refractivity contribution >= 4 is 11.0 Å². The minimum atomic E-state index is -1.04. The largest absolute Gasteiger partial charge is 0.423 e. The Morgan fingerprint density at radius 2 is 2.00 bits per heavy atom. The van der Waals surface area contributed by atoms with Crippen LogP contribution in [0.2, 0.25) is 0 Å². The van der Waals surface area contributed by atoms with Gasteiger partial charge in [0, 0.05) is 24.5 Å². The summed E-state index contributed by atoms with van der Waals surface area (Å²) in [6.07, 6.45) is 1.44. The highest BCUT2D eigenvalue weighted by molar-refractivity contribution is 5.81. The molecule has 1 saturated heterocycles. The lowest BCUT2D eigenvalue weighted by molar-refractivity contribution is -0.0686. The van der Waals surface area contributed by atoms with E-state index in [1.807, 2.05) is 26.0 Å². The van der Waals surface area contributed by atoms with E-state index in [2.05, 4.69) is 4.90 Å². The number of hydrogen-bond donors (Lipinski definition) is 2. The SMILES string of the molecule is Cc1cc2oc(=O)cc(CN3CCCC(O)(CO)C3)c2cc1C. The van der Waals surface area contributed by atoms with Crippen molar-refractivity contribution in [1.29, 1.82) is 0 Å². The minimum absolute atomic E-state index is 0.237. The van der Waals surface area contributed by atoms with Gasteiger partial charge in [0.25, 0.3) is 0 Å². The average Bonchev–Trinajstić information content (AvgIpc) is 2.49. The van der Waals surface area contributed by atoms with Gasteiger partial charge in [-0.1, -0.05) is 0 Å². The molecule has 5 heteroatoms. The molecule has 1 aliphatic heterocycles. The Labute approximate surface area is 135 Å². The minimum Gasteiger partial charge on any atom is -0.423 e. The summed E-state index contributed by atoms with van der Waals surface area (Å²) in [6.45, 7) is 5.61. The molecule has 1 fully saturated rings. The molecule has 0 bridgehead atoms. The van der Waals surface area contributed by atoms with Gasteiger partial charge in [-0.15, -0.1) is 0 Å². The second-order valence-corrected chi connectivity index (χ2v) is 6.72. The van der Waals surface area contributed by atoms with E-state index < -0.39 is 5.60 Å². The number of fused-ring (bicyclic) bond motifs is 1. The van der Waals surface area contributed by atoms with Gasteiger partial charge < -0.3 is 14.6 Å². The second kappa shape index (κ2) is 6.07. The Balaban J connectivity index is 1.96. The molecule has 2 aromatic rings. The zero-order valence-electron chi connectivity index (χ0n) is 13.6. The molecule has 1 aromatic heterocycles. The molecular weight excluding hydrogens is 294 g/mol. The van der Waals surface area contributed by atoms with Crippen LogP contribution < -0.4 is 5.63 Å². The average molecular weight is 317 g/mol. The third kappa shape index (κ3) is 3.32. The van der Waals surface area contributed by atoms with Crippen LogP contribution in [0.4, 0.5) is 0 Å². The van der Waals surface area contributed by atoms with E-state index >= 15 is 0 Å². The first-order valence-corrected chi connectivity index (χ1v) is 8.00. The third-order valence-electron chi connectivity index (χ3n) is 4.77. The lowest BCUT2D eigenvalue weighted by Crippen LogP contribution is -2.50. The molecule has 124 valence electrons. The second-order valence-electron chi connectivity index (χ2n) is 6.72. The van der Waals surface area contributed by atoms with E-state index in [4.69, 9.17) is 4.42 Å². The smallest absolute Gasteiger partial charge is 0.336 e. The normalized spacial score (nSPS) is 22.6. The van der Waals surface area contributed by atoms with E-state index in [1.54, 1.807) is 0 Å². The first-order valence-electron chi connectivity index (χ1n) is 8.00. The molecule has 0 saturated carbocycles. The van der Waals surface area contributed by atoms with E-state index in [1.165, 1.54) is 6.07 Å². The molecule has 0 aliphatic carbocycles.